The van der Waals surface area contributed by atoms with Gasteiger partial charge in [0.15, 0.2) is 0 Å². The number of carbonyl (C=O) groups is 1. The molecule has 0 bridgehead atoms. The van der Waals surface area contributed by atoms with Crippen LogP contribution in [-0.4, -0.2) is 68.5 Å². The zero-order valence-electron chi connectivity index (χ0n) is 32.1. The summed E-state index contributed by atoms with van der Waals surface area (Å²) in [5, 5.41) is 13.7. The van der Waals surface area contributed by atoms with E-state index in [1.54, 1.807) is 6.08 Å². The van der Waals surface area contributed by atoms with E-state index < -0.39 is 26.6 Å². The summed E-state index contributed by atoms with van der Waals surface area (Å²) in [6.45, 7) is 4.53. The highest BCUT2D eigenvalue weighted by Gasteiger charge is 2.23. The normalized spacial score (nSPS) is 15.2. The van der Waals surface area contributed by atoms with Crippen LogP contribution in [0.5, 0.6) is 0 Å². The molecule has 0 rings (SSSR count). The van der Waals surface area contributed by atoms with Crippen molar-refractivity contribution in [2.45, 2.75) is 161 Å². The lowest BCUT2D eigenvalue weighted by molar-refractivity contribution is -0.870. The van der Waals surface area contributed by atoms with Crippen molar-refractivity contribution in [1.82, 2.24) is 5.32 Å². The lowest BCUT2D eigenvalue weighted by Gasteiger charge is -2.29. The van der Waals surface area contributed by atoms with Gasteiger partial charge in [0, 0.05) is 6.42 Å². The second-order valence-electron chi connectivity index (χ2n) is 14.3. The summed E-state index contributed by atoms with van der Waals surface area (Å²) < 4.78 is 23.1. The molecule has 0 aromatic rings. The van der Waals surface area contributed by atoms with Gasteiger partial charge in [-0.25, -0.2) is 0 Å². The fourth-order valence-electron chi connectivity index (χ4n) is 5.06. The van der Waals surface area contributed by atoms with E-state index in [2.05, 4.69) is 55.6 Å². The van der Waals surface area contributed by atoms with Crippen molar-refractivity contribution in [2.24, 2.45) is 0 Å². The number of likely N-dealkylation sites (N-methyl/N-ethyl adjacent to an activating group) is 1. The van der Waals surface area contributed by atoms with Crippen molar-refractivity contribution in [3.8, 4) is 0 Å². The number of nitrogens with one attached hydrogen (secondary N) is 1. The smallest absolute Gasteiger partial charge is 0.268 e. The molecule has 0 aliphatic carbocycles. The first-order chi connectivity index (χ1) is 23.5. The molecule has 9 heteroatoms. The third-order valence-corrected chi connectivity index (χ3v) is 9.20. The topological polar surface area (TPSA) is 108 Å². The highest BCUT2D eigenvalue weighted by atomic mass is 31.2. The molecule has 3 atom stereocenters. The zero-order chi connectivity index (χ0) is 36.5. The first kappa shape index (κ1) is 47.5. The molecular formula is C40H75N2O6P. The van der Waals surface area contributed by atoms with Crippen LogP contribution in [0.15, 0.2) is 48.6 Å². The molecule has 49 heavy (non-hydrogen) atoms. The zero-order valence-corrected chi connectivity index (χ0v) is 33.0. The van der Waals surface area contributed by atoms with Crippen molar-refractivity contribution in [1.29, 1.82) is 0 Å². The minimum absolute atomic E-state index is 0.0120. The Morgan fingerprint density at radius 3 is 1.69 bits per heavy atom. The molecule has 0 spiro atoms. The predicted octanol–water partition coefficient (Wildman–Crippen LogP) is 9.50. The number of hydrogen-bond donors (Lipinski definition) is 2. The maximum atomic E-state index is 12.8. The van der Waals surface area contributed by atoms with E-state index in [4.69, 9.17) is 9.05 Å². The summed E-state index contributed by atoms with van der Waals surface area (Å²) >= 11 is 0. The van der Waals surface area contributed by atoms with Crippen LogP contribution < -0.4 is 10.2 Å². The molecular weight excluding hydrogens is 635 g/mol. The lowest BCUT2D eigenvalue weighted by Crippen LogP contribution is -2.45. The van der Waals surface area contributed by atoms with E-state index in [1.807, 2.05) is 27.2 Å². The largest absolute Gasteiger partial charge is 0.756 e. The molecule has 0 heterocycles. The Morgan fingerprint density at radius 2 is 1.14 bits per heavy atom. The number of hydrogen-bond acceptors (Lipinski definition) is 6. The SMILES string of the molecule is CCCCC/C=C\CCCCCCCC(=O)NC(COP(=O)([O-])OCC[N+](C)(C)C)C(O)/C=C/CC/C=C/CC/C=C/CCCCCCC. The molecule has 0 aromatic heterocycles. The Labute approximate surface area is 301 Å². The van der Waals surface area contributed by atoms with Crippen LogP contribution >= 0.6 is 7.82 Å². The number of phosphoric acid groups is 1. The molecule has 0 radical (unpaired) electrons. The van der Waals surface area contributed by atoms with Gasteiger partial charge in [0.1, 0.15) is 13.2 Å². The summed E-state index contributed by atoms with van der Waals surface area (Å²) in [5.74, 6) is -0.226. The van der Waals surface area contributed by atoms with Crippen molar-refractivity contribution in [3.63, 3.8) is 0 Å². The van der Waals surface area contributed by atoms with Crippen molar-refractivity contribution in [3.05, 3.63) is 48.6 Å². The number of amides is 1. The van der Waals surface area contributed by atoms with Gasteiger partial charge >= 0.3 is 0 Å². The summed E-state index contributed by atoms with van der Waals surface area (Å²) in [7, 11) is 1.22. The van der Waals surface area contributed by atoms with E-state index in [1.165, 1.54) is 64.2 Å². The van der Waals surface area contributed by atoms with Gasteiger partial charge in [-0.1, -0.05) is 120 Å². The standard InChI is InChI=1S/C40H75N2O6P/c1-6-8-10-12-14-16-18-20-21-22-23-25-27-29-31-33-39(43)38(37-48-49(45,46)47-36-35-42(3,4)5)41-40(44)34-32-30-28-26-24-19-17-15-13-11-9-7-2/h15,17-18,20,23,25,31,33,38-39,43H,6-14,16,19,21-22,24,26-30,32,34-37H2,1-5H3,(H-,41,44,45,46)/b17-15-,20-18+,25-23+,33-31+. The van der Waals surface area contributed by atoms with Gasteiger partial charge in [-0.15, -0.1) is 0 Å². The summed E-state index contributed by atoms with van der Waals surface area (Å²) in [4.78, 5) is 25.1. The Bertz CT molecular complexity index is 944. The fourth-order valence-corrected chi connectivity index (χ4v) is 5.78. The third-order valence-electron chi connectivity index (χ3n) is 8.24. The van der Waals surface area contributed by atoms with Crippen LogP contribution in [0.1, 0.15) is 149 Å². The number of unbranched alkanes of at least 4 members (excludes halogenated alkanes) is 15. The van der Waals surface area contributed by atoms with Gasteiger partial charge in [0.05, 0.1) is 39.9 Å². The van der Waals surface area contributed by atoms with Crippen LogP contribution in [0.4, 0.5) is 0 Å². The van der Waals surface area contributed by atoms with E-state index in [9.17, 15) is 19.4 Å². The summed E-state index contributed by atoms with van der Waals surface area (Å²) in [5.41, 5.74) is 0. The van der Waals surface area contributed by atoms with Gasteiger partial charge < -0.3 is 28.8 Å². The van der Waals surface area contributed by atoms with E-state index >= 15 is 0 Å². The molecule has 3 unspecified atom stereocenters. The monoisotopic (exact) mass is 711 g/mol. The molecule has 2 N–H and O–H groups in total. The fraction of sp³-hybridized carbons (Fsp3) is 0.775. The first-order valence-corrected chi connectivity index (χ1v) is 21.0. The first-order valence-electron chi connectivity index (χ1n) is 19.5. The Kier molecular flexibility index (Phi) is 31.4. The van der Waals surface area contributed by atoms with Gasteiger partial charge in [-0.05, 0) is 70.6 Å². The van der Waals surface area contributed by atoms with Crippen LogP contribution in [0.25, 0.3) is 0 Å². The maximum Gasteiger partial charge on any atom is 0.268 e. The van der Waals surface area contributed by atoms with Crippen LogP contribution in [0.2, 0.25) is 0 Å². The van der Waals surface area contributed by atoms with Crippen molar-refractivity contribution < 1.29 is 32.9 Å². The number of aliphatic hydroxyl groups excluding tert-OH is 1. The molecule has 0 saturated carbocycles. The average Bonchev–Trinajstić information content (AvgIpc) is 3.04. The van der Waals surface area contributed by atoms with E-state index in [0.717, 1.165) is 64.2 Å². The van der Waals surface area contributed by atoms with Crippen molar-refractivity contribution >= 4 is 13.7 Å². The average molecular weight is 711 g/mol. The summed E-state index contributed by atoms with van der Waals surface area (Å²) in [6, 6.07) is -0.911. The van der Waals surface area contributed by atoms with E-state index in [0.29, 0.717) is 17.4 Å². The minimum Gasteiger partial charge on any atom is -0.756 e. The highest BCUT2D eigenvalue weighted by Crippen LogP contribution is 2.38. The van der Waals surface area contributed by atoms with E-state index in [-0.39, 0.29) is 12.5 Å². The maximum absolute atomic E-state index is 12.8. The van der Waals surface area contributed by atoms with Gasteiger partial charge in [0.2, 0.25) is 5.91 Å². The third kappa shape index (κ3) is 34.7. The number of quaternary nitrogens is 1. The van der Waals surface area contributed by atoms with Crippen LogP contribution in [0.3, 0.4) is 0 Å². The lowest BCUT2D eigenvalue weighted by atomic mass is 10.1. The van der Waals surface area contributed by atoms with Gasteiger partial charge in [0.25, 0.3) is 7.82 Å². The number of carbonyl (C=O) groups excluding carboxylic acids is 1. The molecule has 0 saturated heterocycles. The quantitative estimate of drug-likeness (QED) is 0.0298. The highest BCUT2D eigenvalue weighted by molar-refractivity contribution is 7.45. The van der Waals surface area contributed by atoms with Gasteiger partial charge in [-0.2, -0.15) is 0 Å². The van der Waals surface area contributed by atoms with Crippen molar-refractivity contribution in [2.75, 3.05) is 40.9 Å². The second-order valence-corrected chi connectivity index (χ2v) is 15.7. The van der Waals surface area contributed by atoms with Crippen LogP contribution in [0, 0.1) is 0 Å². The van der Waals surface area contributed by atoms with Crippen LogP contribution in [-0.2, 0) is 18.4 Å². The van der Waals surface area contributed by atoms with Gasteiger partial charge in [-0.3, -0.25) is 9.36 Å². The number of allylic oxidation sites excluding steroid dienone is 7. The number of aliphatic hydroxyl groups is 1. The Hall–Kier alpha value is -1.54. The molecule has 0 aromatic carbocycles. The minimum atomic E-state index is -4.59. The number of rotatable bonds is 34. The molecule has 0 fully saturated rings. The predicted molar refractivity (Wildman–Crippen MR) is 205 cm³/mol. The molecule has 1 amide bonds. The Morgan fingerprint density at radius 1 is 0.694 bits per heavy atom. The Balaban J connectivity index is 4.64. The summed E-state index contributed by atoms with van der Waals surface area (Å²) in [6.07, 6.45) is 38.7. The second kappa shape index (κ2) is 32.4. The molecule has 0 aliphatic rings. The number of nitrogens with zero attached hydrogens (tertiary/aromatic N) is 1. The molecule has 286 valence electrons. The number of phosphoric ester groups is 1. The molecule has 8 nitrogen and oxygen atoms in total. The molecule has 0 aliphatic heterocycles.